The van der Waals surface area contributed by atoms with Crippen molar-refractivity contribution in [3.63, 3.8) is 0 Å². The molecule has 2 aromatic rings. The summed E-state index contributed by atoms with van der Waals surface area (Å²) in [6, 6.07) is 6.24. The molecule has 0 spiro atoms. The number of fused-ring (bicyclic) bond motifs is 1. The maximum absolute atomic E-state index is 12.1. The molecule has 1 aliphatic rings. The highest BCUT2D eigenvalue weighted by atomic mass is 16.2. The van der Waals surface area contributed by atoms with Crippen molar-refractivity contribution >= 4 is 22.6 Å². The Balaban J connectivity index is 2.12. The number of hydrogen-bond donors (Lipinski definition) is 1. The average Bonchev–Trinajstić information content (AvgIpc) is 2.73. The van der Waals surface area contributed by atoms with E-state index in [9.17, 15) is 9.59 Å². The molecule has 1 heterocycles. The van der Waals surface area contributed by atoms with Crippen LogP contribution in [0, 0.1) is 5.92 Å². The quantitative estimate of drug-likeness (QED) is 0.680. The van der Waals surface area contributed by atoms with Gasteiger partial charge in [0.15, 0.2) is 0 Å². The van der Waals surface area contributed by atoms with Crippen molar-refractivity contribution in [2.24, 2.45) is 11.7 Å². The van der Waals surface area contributed by atoms with E-state index in [0.29, 0.717) is 17.4 Å². The monoisotopic (exact) mass is 298 g/mol. The van der Waals surface area contributed by atoms with Crippen LogP contribution in [0.3, 0.4) is 0 Å². The molecule has 1 saturated carbocycles. The van der Waals surface area contributed by atoms with Gasteiger partial charge in [-0.1, -0.05) is 32.4 Å². The molecular formula is C18H22N2O2. The summed E-state index contributed by atoms with van der Waals surface area (Å²) in [6.07, 6.45) is 5.55. The van der Waals surface area contributed by atoms with Gasteiger partial charge in [0.05, 0.1) is 5.56 Å². The third-order valence-corrected chi connectivity index (χ3v) is 4.51. The second kappa shape index (κ2) is 5.59. The number of carbonyl (C=O) groups excluding carboxylic acids is 2. The van der Waals surface area contributed by atoms with Crippen LogP contribution in [0.1, 0.15) is 54.9 Å². The molecule has 0 saturated heterocycles. The van der Waals surface area contributed by atoms with Crippen LogP contribution in [-0.2, 0) is 11.3 Å². The van der Waals surface area contributed by atoms with E-state index in [-0.39, 0.29) is 0 Å². The summed E-state index contributed by atoms with van der Waals surface area (Å²) in [7, 11) is 0. The molecule has 3 rings (SSSR count). The van der Waals surface area contributed by atoms with Crippen LogP contribution in [0.5, 0.6) is 0 Å². The Hall–Kier alpha value is -2.10. The van der Waals surface area contributed by atoms with E-state index in [0.717, 1.165) is 17.4 Å². The number of carbonyl (C=O) groups is 2. The minimum atomic E-state index is -0.897. The highest BCUT2D eigenvalue weighted by Crippen LogP contribution is 2.38. The third kappa shape index (κ3) is 2.54. The van der Waals surface area contributed by atoms with Gasteiger partial charge in [-0.25, -0.2) is 0 Å². The van der Waals surface area contributed by atoms with Gasteiger partial charge >= 0.3 is 0 Å². The molecule has 0 atom stereocenters. The fourth-order valence-electron chi connectivity index (χ4n) is 3.16. The number of nitrogens with two attached hydrogens (primary N) is 1. The molecule has 0 radical (unpaired) electrons. The minimum Gasteiger partial charge on any atom is -0.363 e. The first kappa shape index (κ1) is 14.8. The summed E-state index contributed by atoms with van der Waals surface area (Å²) in [5.74, 6) is -0.405. The van der Waals surface area contributed by atoms with E-state index in [4.69, 9.17) is 5.73 Å². The SMILES string of the molecule is CC(C)Cn1cc(C(=O)C(N)=O)c2ccc(C3CCC3)cc21. The van der Waals surface area contributed by atoms with Gasteiger partial charge in [-0.05, 0) is 36.3 Å². The van der Waals surface area contributed by atoms with Gasteiger partial charge in [0, 0.05) is 23.6 Å². The smallest absolute Gasteiger partial charge is 0.289 e. The van der Waals surface area contributed by atoms with Crippen molar-refractivity contribution in [3.05, 3.63) is 35.5 Å². The van der Waals surface area contributed by atoms with Crippen LogP contribution >= 0.6 is 0 Å². The van der Waals surface area contributed by atoms with E-state index in [2.05, 4.69) is 30.5 Å². The number of rotatable bonds is 5. The van der Waals surface area contributed by atoms with Crippen LogP contribution in [0.25, 0.3) is 10.9 Å². The summed E-state index contributed by atoms with van der Waals surface area (Å²) in [6.45, 7) is 5.09. The number of Topliss-reactive ketones (excluding diaryl/α,β-unsaturated/α-hetero) is 1. The number of nitrogens with zero attached hydrogens (tertiary/aromatic N) is 1. The highest BCUT2D eigenvalue weighted by molar-refractivity contribution is 6.44. The van der Waals surface area contributed by atoms with Crippen molar-refractivity contribution in [2.45, 2.75) is 45.6 Å². The third-order valence-electron chi connectivity index (χ3n) is 4.51. The van der Waals surface area contributed by atoms with Gasteiger partial charge < -0.3 is 10.3 Å². The first-order chi connectivity index (χ1) is 10.5. The van der Waals surface area contributed by atoms with Gasteiger partial charge in [-0.2, -0.15) is 0 Å². The van der Waals surface area contributed by atoms with Crippen molar-refractivity contribution in [1.29, 1.82) is 0 Å². The predicted octanol–water partition coefficient (Wildman–Crippen LogP) is 3.23. The Morgan fingerprint density at radius 1 is 1.32 bits per heavy atom. The van der Waals surface area contributed by atoms with Crippen molar-refractivity contribution < 1.29 is 9.59 Å². The molecule has 0 aliphatic heterocycles. The molecule has 4 nitrogen and oxygen atoms in total. The van der Waals surface area contributed by atoms with E-state index < -0.39 is 11.7 Å². The zero-order valence-electron chi connectivity index (χ0n) is 13.1. The zero-order chi connectivity index (χ0) is 15.9. The Kier molecular flexibility index (Phi) is 3.77. The molecular weight excluding hydrogens is 276 g/mol. The summed E-state index contributed by atoms with van der Waals surface area (Å²) in [5.41, 5.74) is 7.96. The summed E-state index contributed by atoms with van der Waals surface area (Å²) in [4.78, 5) is 23.3. The van der Waals surface area contributed by atoms with Crippen LogP contribution < -0.4 is 5.73 Å². The maximum atomic E-state index is 12.1. The zero-order valence-corrected chi connectivity index (χ0v) is 13.1. The van der Waals surface area contributed by atoms with Crippen molar-refractivity contribution in [3.8, 4) is 0 Å². The fraction of sp³-hybridized carbons (Fsp3) is 0.444. The lowest BCUT2D eigenvalue weighted by Crippen LogP contribution is -2.22. The van der Waals surface area contributed by atoms with E-state index in [1.165, 1.54) is 24.8 Å². The molecule has 1 amide bonds. The largest absolute Gasteiger partial charge is 0.363 e. The summed E-state index contributed by atoms with van der Waals surface area (Å²) < 4.78 is 2.08. The first-order valence-corrected chi connectivity index (χ1v) is 7.94. The Bertz CT molecular complexity index is 739. The number of amides is 1. The van der Waals surface area contributed by atoms with E-state index in [1.54, 1.807) is 6.20 Å². The standard InChI is InChI=1S/C18H22N2O2/c1-11(2)9-20-10-15(17(21)18(19)22)14-7-6-13(8-16(14)20)12-4-3-5-12/h6-8,10-12H,3-5,9H2,1-2H3,(H2,19,22). The Morgan fingerprint density at radius 2 is 2.05 bits per heavy atom. The molecule has 1 aliphatic carbocycles. The lowest BCUT2D eigenvalue weighted by Gasteiger charge is -2.26. The number of benzene rings is 1. The van der Waals surface area contributed by atoms with Crippen LogP contribution in [-0.4, -0.2) is 16.3 Å². The lowest BCUT2D eigenvalue weighted by atomic mass is 9.80. The molecule has 1 aromatic heterocycles. The van der Waals surface area contributed by atoms with Crippen LogP contribution in [0.15, 0.2) is 24.4 Å². The molecule has 116 valence electrons. The molecule has 4 heteroatoms. The van der Waals surface area contributed by atoms with Gasteiger partial charge in [-0.15, -0.1) is 0 Å². The molecule has 2 N–H and O–H groups in total. The van der Waals surface area contributed by atoms with Gasteiger partial charge in [0.2, 0.25) is 0 Å². The summed E-state index contributed by atoms with van der Waals surface area (Å²) in [5, 5.41) is 0.826. The number of primary amides is 1. The second-order valence-electron chi connectivity index (χ2n) is 6.69. The second-order valence-corrected chi connectivity index (χ2v) is 6.69. The average molecular weight is 298 g/mol. The summed E-state index contributed by atoms with van der Waals surface area (Å²) >= 11 is 0. The van der Waals surface area contributed by atoms with Gasteiger partial charge in [0.25, 0.3) is 11.7 Å². The van der Waals surface area contributed by atoms with Gasteiger partial charge in [-0.3, -0.25) is 9.59 Å². The Morgan fingerprint density at radius 3 is 2.59 bits per heavy atom. The molecule has 22 heavy (non-hydrogen) atoms. The fourth-order valence-corrected chi connectivity index (χ4v) is 3.16. The first-order valence-electron chi connectivity index (χ1n) is 7.94. The van der Waals surface area contributed by atoms with Crippen LogP contribution in [0.2, 0.25) is 0 Å². The highest BCUT2D eigenvalue weighted by Gasteiger charge is 2.23. The normalized spacial score (nSPS) is 15.2. The lowest BCUT2D eigenvalue weighted by molar-refractivity contribution is -0.114. The van der Waals surface area contributed by atoms with Crippen molar-refractivity contribution in [2.75, 3.05) is 0 Å². The van der Waals surface area contributed by atoms with E-state index >= 15 is 0 Å². The molecule has 1 fully saturated rings. The van der Waals surface area contributed by atoms with E-state index in [1.807, 2.05) is 6.07 Å². The molecule has 0 unspecified atom stereocenters. The number of ketones is 1. The maximum Gasteiger partial charge on any atom is 0.289 e. The Labute approximate surface area is 130 Å². The number of hydrogen-bond acceptors (Lipinski definition) is 2. The van der Waals surface area contributed by atoms with Crippen molar-refractivity contribution in [1.82, 2.24) is 4.57 Å². The topological polar surface area (TPSA) is 65.1 Å². The predicted molar refractivity (Wildman–Crippen MR) is 86.9 cm³/mol. The number of aromatic nitrogens is 1. The minimum absolute atomic E-state index is 0.420. The van der Waals surface area contributed by atoms with Crippen LogP contribution in [0.4, 0.5) is 0 Å². The molecule has 0 bridgehead atoms. The van der Waals surface area contributed by atoms with Gasteiger partial charge in [0.1, 0.15) is 0 Å². The molecule has 1 aromatic carbocycles.